The van der Waals surface area contributed by atoms with Gasteiger partial charge < -0.3 is 8.83 Å². The Labute approximate surface area is 286 Å². The Morgan fingerprint density at radius 2 is 0.980 bits per heavy atom. The van der Waals surface area contributed by atoms with Crippen molar-refractivity contribution in [2.24, 2.45) is 0 Å². The molecule has 0 N–H and O–H groups in total. The van der Waals surface area contributed by atoms with E-state index in [1.807, 2.05) is 91.0 Å². The zero-order chi connectivity index (χ0) is 33.0. The summed E-state index contributed by atoms with van der Waals surface area (Å²) in [4.78, 5) is 20.3. The van der Waals surface area contributed by atoms with Gasteiger partial charge >= 0.3 is 0 Å². The summed E-state index contributed by atoms with van der Waals surface area (Å²) in [7, 11) is 0. The Morgan fingerprint density at radius 1 is 0.380 bits per heavy atom. The van der Waals surface area contributed by atoms with Crippen LogP contribution in [0, 0.1) is 0 Å². The Morgan fingerprint density at radius 3 is 1.74 bits per heavy atom. The number of hydrogen-bond acceptors (Lipinski definition) is 6. The molecule has 0 saturated heterocycles. The van der Waals surface area contributed by atoms with Gasteiger partial charge in [-0.05, 0) is 52.2 Å². The summed E-state index contributed by atoms with van der Waals surface area (Å²) in [5.41, 5.74) is 8.37. The molecule has 6 nitrogen and oxygen atoms in total. The molecule has 3 aromatic heterocycles. The minimum atomic E-state index is 0.477. The molecule has 0 atom stereocenters. The average Bonchev–Trinajstić information content (AvgIpc) is 3.79. The Kier molecular flexibility index (Phi) is 6.39. The smallest absolute Gasteiger partial charge is 0.227 e. The van der Waals surface area contributed by atoms with Crippen LogP contribution >= 0.6 is 0 Å². The first-order valence-electron chi connectivity index (χ1n) is 16.5. The molecule has 3 heterocycles. The molecule has 0 spiro atoms. The highest BCUT2D eigenvalue weighted by molar-refractivity contribution is 6.18. The highest BCUT2D eigenvalue weighted by Crippen LogP contribution is 2.42. The van der Waals surface area contributed by atoms with Gasteiger partial charge in [-0.3, -0.25) is 0 Å². The minimum Gasteiger partial charge on any atom is -0.456 e. The molecule has 0 bridgehead atoms. The molecule has 234 valence electrons. The number of hydrogen-bond donors (Lipinski definition) is 0. The van der Waals surface area contributed by atoms with E-state index in [2.05, 4.69) is 66.7 Å². The maximum Gasteiger partial charge on any atom is 0.227 e. The van der Waals surface area contributed by atoms with E-state index in [1.165, 1.54) is 5.56 Å². The maximum atomic E-state index is 6.62. The highest BCUT2D eigenvalue weighted by Gasteiger charge is 2.24. The van der Waals surface area contributed by atoms with Gasteiger partial charge in [0.2, 0.25) is 5.89 Å². The Bertz CT molecular complexity index is 2860. The van der Waals surface area contributed by atoms with E-state index in [0.29, 0.717) is 45.6 Å². The van der Waals surface area contributed by atoms with Crippen molar-refractivity contribution >= 4 is 43.8 Å². The summed E-state index contributed by atoms with van der Waals surface area (Å²) in [6.07, 6.45) is 0. The standard InChI is InChI=1S/C44H26N4O2/c1-4-12-27(13-5-1)31-22-20-28-21-23-32(25-33(28)24-31)42-46-41(29-14-6-2-7-15-29)47-43(48-42)39-38-34-18-10-11-19-36(34)49-37(38)26-35-40(39)50-44(45-35)30-16-8-3-9-17-30/h1-26H. The summed E-state index contributed by atoms with van der Waals surface area (Å²) in [6.45, 7) is 0. The van der Waals surface area contributed by atoms with Crippen LogP contribution in [0.5, 0.6) is 0 Å². The van der Waals surface area contributed by atoms with Crippen molar-refractivity contribution in [1.29, 1.82) is 0 Å². The molecule has 50 heavy (non-hydrogen) atoms. The van der Waals surface area contributed by atoms with Gasteiger partial charge in [0.25, 0.3) is 0 Å². The van der Waals surface area contributed by atoms with Crippen LogP contribution in [0.2, 0.25) is 0 Å². The second kappa shape index (κ2) is 11.4. The predicted octanol–water partition coefficient (Wildman–Crippen LogP) is 11.4. The van der Waals surface area contributed by atoms with Crippen molar-refractivity contribution in [2.75, 3.05) is 0 Å². The number of nitrogens with zero attached hydrogens (tertiary/aromatic N) is 4. The quantitative estimate of drug-likeness (QED) is 0.186. The number of rotatable bonds is 5. The summed E-state index contributed by atoms with van der Waals surface area (Å²) in [5.74, 6) is 2.11. The summed E-state index contributed by atoms with van der Waals surface area (Å²) < 4.78 is 13.0. The molecule has 10 rings (SSSR count). The molecule has 10 aromatic rings. The largest absolute Gasteiger partial charge is 0.456 e. The zero-order valence-electron chi connectivity index (χ0n) is 26.6. The van der Waals surface area contributed by atoms with E-state index in [-0.39, 0.29) is 0 Å². The van der Waals surface area contributed by atoms with Gasteiger partial charge in [0.05, 0.1) is 5.56 Å². The fourth-order valence-electron chi connectivity index (χ4n) is 6.72. The van der Waals surface area contributed by atoms with Crippen molar-refractivity contribution < 1.29 is 8.83 Å². The normalized spacial score (nSPS) is 11.6. The Hall–Kier alpha value is -6.92. The van der Waals surface area contributed by atoms with Crippen LogP contribution in [0.4, 0.5) is 0 Å². The van der Waals surface area contributed by atoms with E-state index >= 15 is 0 Å². The molecule has 0 fully saturated rings. The molecular weight excluding hydrogens is 617 g/mol. The maximum absolute atomic E-state index is 6.62. The summed E-state index contributed by atoms with van der Waals surface area (Å²) in [5, 5.41) is 4.04. The lowest BCUT2D eigenvalue weighted by Crippen LogP contribution is -2.01. The minimum absolute atomic E-state index is 0.477. The van der Waals surface area contributed by atoms with Gasteiger partial charge in [-0.2, -0.15) is 0 Å². The number of aromatic nitrogens is 4. The average molecular weight is 643 g/mol. The lowest BCUT2D eigenvalue weighted by molar-refractivity contribution is 0.620. The topological polar surface area (TPSA) is 77.8 Å². The van der Waals surface area contributed by atoms with Gasteiger partial charge in [-0.15, -0.1) is 0 Å². The van der Waals surface area contributed by atoms with Crippen molar-refractivity contribution in [1.82, 2.24) is 19.9 Å². The molecule has 0 unspecified atom stereocenters. The zero-order valence-corrected chi connectivity index (χ0v) is 26.6. The molecule has 0 amide bonds. The van der Waals surface area contributed by atoms with Gasteiger partial charge in [0, 0.05) is 33.5 Å². The molecule has 0 saturated carbocycles. The first kappa shape index (κ1) is 28.1. The number of fused-ring (bicyclic) bond motifs is 5. The van der Waals surface area contributed by atoms with Crippen molar-refractivity contribution in [2.45, 2.75) is 0 Å². The molecule has 6 heteroatoms. The monoisotopic (exact) mass is 642 g/mol. The van der Waals surface area contributed by atoms with Crippen LogP contribution in [0.25, 0.3) is 101 Å². The SMILES string of the molecule is c1ccc(-c2ccc3ccc(-c4nc(-c5ccccc5)nc(-c5c6oc(-c7ccccc7)nc6cc6oc7ccccc7c56)n4)cc3c2)cc1. The van der Waals surface area contributed by atoms with Crippen LogP contribution in [0.1, 0.15) is 0 Å². The third-order valence-electron chi connectivity index (χ3n) is 9.14. The van der Waals surface area contributed by atoms with E-state index in [1.54, 1.807) is 0 Å². The van der Waals surface area contributed by atoms with Gasteiger partial charge in [0.15, 0.2) is 23.1 Å². The lowest BCUT2D eigenvalue weighted by atomic mass is 9.99. The fourth-order valence-corrected chi connectivity index (χ4v) is 6.72. The van der Waals surface area contributed by atoms with Crippen LogP contribution in [0.15, 0.2) is 167 Å². The molecular formula is C44H26N4O2. The number of para-hydroxylation sites is 1. The predicted molar refractivity (Wildman–Crippen MR) is 199 cm³/mol. The second-order valence-electron chi connectivity index (χ2n) is 12.3. The van der Waals surface area contributed by atoms with E-state index in [4.69, 9.17) is 28.8 Å². The summed E-state index contributed by atoms with van der Waals surface area (Å²) in [6, 6.07) is 53.1. The van der Waals surface area contributed by atoms with E-state index in [9.17, 15) is 0 Å². The first-order chi connectivity index (χ1) is 24.7. The van der Waals surface area contributed by atoms with Gasteiger partial charge in [0.1, 0.15) is 16.7 Å². The van der Waals surface area contributed by atoms with Gasteiger partial charge in [-0.1, -0.05) is 121 Å². The summed E-state index contributed by atoms with van der Waals surface area (Å²) >= 11 is 0. The van der Waals surface area contributed by atoms with Crippen molar-refractivity contribution in [3.63, 3.8) is 0 Å². The number of furan rings is 1. The van der Waals surface area contributed by atoms with Crippen molar-refractivity contribution in [3.05, 3.63) is 158 Å². The van der Waals surface area contributed by atoms with E-state index < -0.39 is 0 Å². The highest BCUT2D eigenvalue weighted by atomic mass is 16.4. The van der Waals surface area contributed by atoms with E-state index in [0.717, 1.165) is 49.4 Å². The fraction of sp³-hybridized carbons (Fsp3) is 0. The second-order valence-corrected chi connectivity index (χ2v) is 12.3. The molecule has 0 aliphatic rings. The van der Waals surface area contributed by atoms with Crippen LogP contribution < -0.4 is 0 Å². The molecule has 0 radical (unpaired) electrons. The molecule has 0 aliphatic carbocycles. The third-order valence-corrected chi connectivity index (χ3v) is 9.14. The lowest BCUT2D eigenvalue weighted by Gasteiger charge is -2.10. The van der Waals surface area contributed by atoms with Crippen molar-refractivity contribution in [3.8, 4) is 56.7 Å². The number of oxazole rings is 1. The van der Waals surface area contributed by atoms with Gasteiger partial charge in [-0.25, -0.2) is 19.9 Å². The van der Waals surface area contributed by atoms with Crippen LogP contribution in [-0.4, -0.2) is 19.9 Å². The third kappa shape index (κ3) is 4.73. The molecule has 7 aromatic carbocycles. The Balaban J connectivity index is 1.25. The van der Waals surface area contributed by atoms with Crippen LogP contribution in [-0.2, 0) is 0 Å². The molecule has 0 aliphatic heterocycles. The number of benzene rings is 7. The first-order valence-corrected chi connectivity index (χ1v) is 16.5. The van der Waals surface area contributed by atoms with Crippen LogP contribution in [0.3, 0.4) is 0 Å².